The highest BCUT2D eigenvalue weighted by Gasteiger charge is 2.33. The number of hydrogen-bond donors (Lipinski definition) is 1. The van der Waals surface area contributed by atoms with Gasteiger partial charge in [-0.15, -0.1) is 5.10 Å². The third-order valence-corrected chi connectivity index (χ3v) is 11.3. The van der Waals surface area contributed by atoms with Crippen LogP contribution in [0, 0.1) is 6.92 Å². The third kappa shape index (κ3) is 8.39. The molecule has 3 aromatic heterocycles. The Morgan fingerprint density at radius 3 is 2.43 bits per heavy atom. The number of piperazine rings is 1. The van der Waals surface area contributed by atoms with Crippen LogP contribution in [-0.4, -0.2) is 85.2 Å². The van der Waals surface area contributed by atoms with Crippen molar-refractivity contribution in [2.45, 2.75) is 58.5 Å². The van der Waals surface area contributed by atoms with Crippen LogP contribution in [-0.2, 0) is 48.1 Å². The molecule has 0 unspecified atom stereocenters. The zero-order chi connectivity index (χ0) is 43.0. The number of halogens is 4. The van der Waals surface area contributed by atoms with E-state index in [2.05, 4.69) is 20.4 Å². The average molecular weight is 856 g/mol. The van der Waals surface area contributed by atoms with Crippen molar-refractivity contribution >= 4 is 40.6 Å². The molecular weight excluding hydrogens is 815 g/mol. The molecule has 2 aliphatic rings. The monoisotopic (exact) mass is 855 g/mol. The quantitative estimate of drug-likeness (QED) is 0.160. The van der Waals surface area contributed by atoms with Gasteiger partial charge in [0.1, 0.15) is 25.2 Å². The zero-order valence-electron chi connectivity index (χ0n) is 33.5. The maximum absolute atomic E-state index is 14.6. The lowest BCUT2D eigenvalue weighted by molar-refractivity contribution is -0.137. The molecule has 1 aliphatic heterocycles. The fourth-order valence-electron chi connectivity index (χ4n) is 7.86. The van der Waals surface area contributed by atoms with Crippen LogP contribution in [0.25, 0.3) is 17.2 Å². The minimum absolute atomic E-state index is 0.0158. The zero-order valence-corrected chi connectivity index (χ0v) is 34.3. The van der Waals surface area contributed by atoms with Gasteiger partial charge >= 0.3 is 6.18 Å². The van der Waals surface area contributed by atoms with Gasteiger partial charge in [0.05, 0.1) is 33.8 Å². The van der Waals surface area contributed by atoms with Gasteiger partial charge in [-0.25, -0.2) is 9.97 Å². The van der Waals surface area contributed by atoms with Gasteiger partial charge in [0.2, 0.25) is 11.7 Å². The molecule has 4 heterocycles. The molecule has 2 amide bonds. The molecule has 316 valence electrons. The molecule has 61 heavy (non-hydrogen) atoms. The Hall–Kier alpha value is -6.33. The first-order chi connectivity index (χ1) is 29.3. The summed E-state index contributed by atoms with van der Waals surface area (Å²) in [4.78, 5) is 59.2. The summed E-state index contributed by atoms with van der Waals surface area (Å²) in [6, 6.07) is 18.1. The summed E-state index contributed by atoms with van der Waals surface area (Å²) < 4.78 is 54.5. The maximum atomic E-state index is 14.6. The Kier molecular flexibility index (Phi) is 11.5. The van der Waals surface area contributed by atoms with Gasteiger partial charge in [0.25, 0.3) is 11.5 Å². The second kappa shape index (κ2) is 17.0. The lowest BCUT2D eigenvalue weighted by atomic mass is 10.1. The van der Waals surface area contributed by atoms with Crippen molar-refractivity contribution in [3.05, 3.63) is 128 Å². The normalized spacial score (nSPS) is 15.3. The number of methoxy groups -OCH3 is 1. The lowest BCUT2D eigenvalue weighted by Crippen LogP contribution is -2.51. The highest BCUT2D eigenvalue weighted by atomic mass is 35.5. The van der Waals surface area contributed by atoms with E-state index >= 15 is 0 Å². The van der Waals surface area contributed by atoms with Crippen molar-refractivity contribution in [2.24, 2.45) is 0 Å². The van der Waals surface area contributed by atoms with E-state index in [1.54, 1.807) is 23.5 Å². The first kappa shape index (κ1) is 41.4. The summed E-state index contributed by atoms with van der Waals surface area (Å²) in [5.74, 6) is -0.315. The summed E-state index contributed by atoms with van der Waals surface area (Å²) >= 11 is 6.20. The van der Waals surface area contributed by atoms with Crippen molar-refractivity contribution in [3.8, 4) is 17.1 Å². The molecule has 6 aromatic rings. The highest BCUT2D eigenvalue weighted by Crippen LogP contribution is 2.34. The fraction of sp³-hybridized carbons (Fsp3) is 0.326. The van der Waals surface area contributed by atoms with Crippen LogP contribution in [0.1, 0.15) is 51.1 Å². The van der Waals surface area contributed by atoms with E-state index in [-0.39, 0.29) is 91.5 Å². The molecule has 1 fully saturated rings. The molecule has 0 saturated carbocycles. The molecule has 18 heteroatoms. The molecule has 1 atom stereocenters. The average Bonchev–Trinajstić information content (AvgIpc) is 3.90. The van der Waals surface area contributed by atoms with Crippen molar-refractivity contribution in [1.82, 2.24) is 34.0 Å². The maximum Gasteiger partial charge on any atom is 0.416 e. The highest BCUT2D eigenvalue weighted by molar-refractivity contribution is 6.33. The number of benzene rings is 3. The van der Waals surface area contributed by atoms with E-state index in [4.69, 9.17) is 26.1 Å². The number of ether oxygens (including phenoxy) is 2. The minimum atomic E-state index is -4.62. The minimum Gasteiger partial charge on any atom is -0.485 e. The van der Waals surface area contributed by atoms with Crippen LogP contribution in [0.4, 0.5) is 24.5 Å². The number of aryl methyl sites for hydroxylation is 1. The van der Waals surface area contributed by atoms with Crippen LogP contribution in [0.5, 0.6) is 5.75 Å². The van der Waals surface area contributed by atoms with Crippen LogP contribution in [0.2, 0.25) is 5.02 Å². The topological polar surface area (TPSA) is 149 Å². The lowest BCUT2D eigenvalue weighted by Gasteiger charge is -2.36. The molecule has 8 rings (SSSR count). The van der Waals surface area contributed by atoms with E-state index in [1.165, 1.54) is 10.8 Å². The van der Waals surface area contributed by atoms with Crippen LogP contribution in [0.3, 0.4) is 0 Å². The first-order valence-corrected chi connectivity index (χ1v) is 20.1. The Morgan fingerprint density at radius 2 is 1.72 bits per heavy atom. The van der Waals surface area contributed by atoms with Gasteiger partial charge in [-0.1, -0.05) is 61.0 Å². The summed E-state index contributed by atoms with van der Waals surface area (Å²) in [6.45, 7) is 4.40. The Labute approximate surface area is 352 Å². The summed E-state index contributed by atoms with van der Waals surface area (Å²) in [7, 11) is 1.68. The van der Waals surface area contributed by atoms with Gasteiger partial charge in [-0.05, 0) is 67.1 Å². The Balaban J connectivity index is 1.11. The standard InChI is InChI=1S/C43H41ClF3N9O5/c1-4-34-37(53-14-16-54(17-15-53)40(58)36-38(25(2)48-24-49-36)61-23-26-8-6-5-7-9-26)41(59)56-42(51-39(52-56)28-11-10-27-19-31(60-3)20-29(27)18-28)55(34)22-35(57)50-33-13-12-30(21-32(33)44)43(45,46)47/h5-13,18,21,24,31H,4,14-17,19-20,22-23H2,1-3H3,(H,50,57)/t31-/m0/s1. The number of anilines is 2. The molecule has 1 N–H and O–H groups in total. The fourth-order valence-corrected chi connectivity index (χ4v) is 8.09. The van der Waals surface area contributed by atoms with Crippen LogP contribution in [0.15, 0.2) is 77.9 Å². The number of rotatable bonds is 11. The summed E-state index contributed by atoms with van der Waals surface area (Å²) in [5, 5.41) is 7.01. The number of nitrogens with one attached hydrogen (secondary N) is 1. The van der Waals surface area contributed by atoms with Crippen LogP contribution < -0.4 is 20.5 Å². The molecular formula is C43H41ClF3N9O5. The summed E-state index contributed by atoms with van der Waals surface area (Å²) in [6.07, 6.45) is -1.47. The van der Waals surface area contributed by atoms with E-state index < -0.39 is 23.2 Å². The Bertz CT molecular complexity index is 2700. The first-order valence-electron chi connectivity index (χ1n) is 19.7. The van der Waals surface area contributed by atoms with Crippen molar-refractivity contribution in [1.29, 1.82) is 0 Å². The van der Waals surface area contributed by atoms with E-state index in [9.17, 15) is 27.6 Å². The number of hydrogen-bond acceptors (Lipinski definition) is 10. The van der Waals surface area contributed by atoms with Crippen LogP contribution >= 0.6 is 11.6 Å². The molecule has 0 spiro atoms. The second-order valence-corrected chi connectivity index (χ2v) is 15.3. The van der Waals surface area contributed by atoms with E-state index in [0.29, 0.717) is 29.1 Å². The molecule has 14 nitrogen and oxygen atoms in total. The molecule has 0 radical (unpaired) electrons. The number of amides is 2. The van der Waals surface area contributed by atoms with E-state index in [0.717, 1.165) is 41.3 Å². The van der Waals surface area contributed by atoms with Crippen molar-refractivity contribution in [3.63, 3.8) is 0 Å². The number of fused-ring (bicyclic) bond motifs is 2. The molecule has 1 saturated heterocycles. The molecule has 3 aromatic carbocycles. The van der Waals surface area contributed by atoms with Gasteiger partial charge in [-0.3, -0.25) is 14.4 Å². The second-order valence-electron chi connectivity index (χ2n) is 14.9. The number of alkyl halides is 3. The summed E-state index contributed by atoms with van der Waals surface area (Å²) in [5.41, 5.74) is 3.79. The van der Waals surface area contributed by atoms with Crippen molar-refractivity contribution < 1.29 is 32.2 Å². The van der Waals surface area contributed by atoms with Gasteiger partial charge < -0.3 is 29.2 Å². The largest absolute Gasteiger partial charge is 0.485 e. The predicted octanol–water partition coefficient (Wildman–Crippen LogP) is 6.18. The van der Waals surface area contributed by atoms with Gasteiger partial charge in [0.15, 0.2) is 17.3 Å². The third-order valence-electron chi connectivity index (χ3n) is 11.0. The van der Waals surface area contributed by atoms with Crippen molar-refractivity contribution in [2.75, 3.05) is 43.5 Å². The van der Waals surface area contributed by atoms with Gasteiger partial charge in [0, 0.05) is 38.9 Å². The molecule has 1 aliphatic carbocycles. The van der Waals surface area contributed by atoms with Gasteiger partial charge in [-0.2, -0.15) is 22.7 Å². The number of nitrogens with zero attached hydrogens (tertiary/aromatic N) is 8. The van der Waals surface area contributed by atoms with E-state index in [1.807, 2.05) is 60.4 Å². The molecule has 0 bridgehead atoms. The number of aromatic nitrogens is 6. The number of carbonyl (C=O) groups is 2. The predicted molar refractivity (Wildman–Crippen MR) is 221 cm³/mol. The smallest absolute Gasteiger partial charge is 0.416 e. The number of carbonyl (C=O) groups excluding carboxylic acids is 2. The Morgan fingerprint density at radius 1 is 0.967 bits per heavy atom. The SMILES string of the molecule is CCc1c(N2CCN(C(=O)c3ncnc(C)c3OCc3ccccc3)CC2)c(=O)n2nc(-c3ccc4c(c3)C[C@@H](OC)C4)nc2n1CC(=O)Nc1ccc(C(F)(F)F)cc1Cl.